The lowest BCUT2D eigenvalue weighted by molar-refractivity contribution is -0.384. The van der Waals surface area contributed by atoms with Crippen molar-refractivity contribution in [2.45, 2.75) is 12.5 Å². The van der Waals surface area contributed by atoms with Crippen LogP contribution in [0.25, 0.3) is 0 Å². The molecular weight excluding hydrogens is 346 g/mol. The standard InChI is InChI=1S/C14H11BrClNO3/c15-11-6-10(7-12(16)8-11)14(18)5-9-1-3-13(4-2-9)17(19)20/h1-4,6-8,14,18H,5H2. The first kappa shape index (κ1) is 15.0. The van der Waals surface area contributed by atoms with Crippen LogP contribution in [0.15, 0.2) is 46.9 Å². The van der Waals surface area contributed by atoms with Crippen molar-refractivity contribution < 1.29 is 10.0 Å². The van der Waals surface area contributed by atoms with Crippen LogP contribution in [-0.2, 0) is 6.42 Å². The molecule has 6 heteroatoms. The summed E-state index contributed by atoms with van der Waals surface area (Å²) in [5.41, 5.74) is 1.55. The van der Waals surface area contributed by atoms with Gasteiger partial charge in [0.2, 0.25) is 0 Å². The largest absolute Gasteiger partial charge is 0.388 e. The number of halogens is 2. The Labute approximate surface area is 129 Å². The first-order chi connectivity index (χ1) is 9.45. The number of hydrogen-bond acceptors (Lipinski definition) is 3. The average Bonchev–Trinajstić information content (AvgIpc) is 2.38. The molecule has 2 aromatic carbocycles. The normalized spacial score (nSPS) is 12.2. The second-order valence-electron chi connectivity index (χ2n) is 4.35. The number of benzene rings is 2. The molecular formula is C14H11BrClNO3. The van der Waals surface area contributed by atoms with Gasteiger partial charge in [0.1, 0.15) is 0 Å². The number of rotatable bonds is 4. The Morgan fingerprint density at radius 3 is 2.45 bits per heavy atom. The molecule has 0 aliphatic carbocycles. The van der Waals surface area contributed by atoms with E-state index in [-0.39, 0.29) is 5.69 Å². The molecule has 0 saturated carbocycles. The van der Waals surface area contributed by atoms with E-state index in [1.807, 2.05) is 0 Å². The van der Waals surface area contributed by atoms with Gasteiger partial charge in [-0.3, -0.25) is 10.1 Å². The predicted molar refractivity (Wildman–Crippen MR) is 80.9 cm³/mol. The van der Waals surface area contributed by atoms with Crippen molar-refractivity contribution in [1.82, 2.24) is 0 Å². The molecule has 2 aromatic rings. The molecule has 104 valence electrons. The van der Waals surface area contributed by atoms with Crippen LogP contribution in [0.1, 0.15) is 17.2 Å². The van der Waals surface area contributed by atoms with Gasteiger partial charge in [-0.2, -0.15) is 0 Å². The van der Waals surface area contributed by atoms with Crippen molar-refractivity contribution in [3.63, 3.8) is 0 Å². The summed E-state index contributed by atoms with van der Waals surface area (Å²) in [6.45, 7) is 0. The minimum atomic E-state index is -0.716. The maximum atomic E-state index is 10.6. The lowest BCUT2D eigenvalue weighted by Crippen LogP contribution is -2.02. The lowest BCUT2D eigenvalue weighted by Gasteiger charge is -2.12. The first-order valence-corrected chi connectivity index (χ1v) is 7.00. The highest BCUT2D eigenvalue weighted by Gasteiger charge is 2.11. The third kappa shape index (κ3) is 3.79. The quantitative estimate of drug-likeness (QED) is 0.656. The number of non-ortho nitro benzene ring substituents is 1. The molecule has 4 nitrogen and oxygen atoms in total. The molecule has 0 aliphatic rings. The highest BCUT2D eigenvalue weighted by atomic mass is 79.9. The molecule has 0 fully saturated rings. The van der Waals surface area contributed by atoms with E-state index in [0.29, 0.717) is 17.0 Å². The number of nitro benzene ring substituents is 1. The zero-order valence-corrected chi connectivity index (χ0v) is 12.6. The van der Waals surface area contributed by atoms with E-state index in [9.17, 15) is 15.2 Å². The third-order valence-electron chi connectivity index (χ3n) is 2.85. The number of aliphatic hydroxyl groups excluding tert-OH is 1. The molecule has 20 heavy (non-hydrogen) atoms. The minimum Gasteiger partial charge on any atom is -0.388 e. The minimum absolute atomic E-state index is 0.0359. The molecule has 0 aromatic heterocycles. The van der Waals surface area contributed by atoms with Gasteiger partial charge >= 0.3 is 0 Å². The Bertz CT molecular complexity index is 611. The van der Waals surface area contributed by atoms with Gasteiger partial charge in [0.15, 0.2) is 0 Å². The fourth-order valence-corrected chi connectivity index (χ4v) is 2.75. The monoisotopic (exact) mass is 355 g/mol. The van der Waals surface area contributed by atoms with E-state index in [0.717, 1.165) is 10.0 Å². The summed E-state index contributed by atoms with van der Waals surface area (Å²) in [5, 5.41) is 21.3. The Hall–Kier alpha value is -1.43. The van der Waals surface area contributed by atoms with Crippen molar-refractivity contribution in [2.75, 3.05) is 0 Å². The summed E-state index contributed by atoms with van der Waals surface area (Å²) in [7, 11) is 0. The fourth-order valence-electron chi connectivity index (χ4n) is 1.86. The summed E-state index contributed by atoms with van der Waals surface area (Å²) in [4.78, 5) is 10.1. The summed E-state index contributed by atoms with van der Waals surface area (Å²) in [5.74, 6) is 0. The summed E-state index contributed by atoms with van der Waals surface area (Å²) < 4.78 is 0.794. The van der Waals surface area contributed by atoms with Crippen LogP contribution >= 0.6 is 27.5 Å². The molecule has 1 N–H and O–H groups in total. The van der Waals surface area contributed by atoms with Gasteiger partial charge in [0.05, 0.1) is 11.0 Å². The van der Waals surface area contributed by atoms with E-state index in [4.69, 9.17) is 11.6 Å². The third-order valence-corrected chi connectivity index (χ3v) is 3.52. The second-order valence-corrected chi connectivity index (χ2v) is 5.70. The van der Waals surface area contributed by atoms with Gasteiger partial charge in [0, 0.05) is 28.0 Å². The van der Waals surface area contributed by atoms with Crippen LogP contribution in [0.2, 0.25) is 5.02 Å². The number of nitrogens with zero attached hydrogens (tertiary/aromatic N) is 1. The fraction of sp³-hybridized carbons (Fsp3) is 0.143. The molecule has 1 unspecified atom stereocenters. The summed E-state index contributed by atoms with van der Waals surface area (Å²) in [6, 6.07) is 11.4. The Morgan fingerprint density at radius 2 is 1.90 bits per heavy atom. The molecule has 0 aliphatic heterocycles. The van der Waals surface area contributed by atoms with Gasteiger partial charge < -0.3 is 5.11 Å². The first-order valence-electron chi connectivity index (χ1n) is 5.83. The highest BCUT2D eigenvalue weighted by Crippen LogP contribution is 2.26. The van der Waals surface area contributed by atoms with Gasteiger partial charge in [-0.15, -0.1) is 0 Å². The van der Waals surface area contributed by atoms with E-state index in [1.165, 1.54) is 12.1 Å². The molecule has 1 atom stereocenters. The zero-order chi connectivity index (χ0) is 14.7. The van der Waals surface area contributed by atoms with Gasteiger partial charge in [0.25, 0.3) is 5.69 Å². The zero-order valence-electron chi connectivity index (χ0n) is 10.3. The summed E-state index contributed by atoms with van der Waals surface area (Å²) >= 11 is 9.26. The van der Waals surface area contributed by atoms with Gasteiger partial charge in [-0.05, 0) is 29.3 Å². The van der Waals surface area contributed by atoms with Gasteiger partial charge in [-0.1, -0.05) is 39.7 Å². The topological polar surface area (TPSA) is 63.4 Å². The van der Waals surface area contributed by atoms with Crippen molar-refractivity contribution in [1.29, 1.82) is 0 Å². The number of aliphatic hydroxyl groups is 1. The second kappa shape index (κ2) is 6.35. The van der Waals surface area contributed by atoms with Crippen molar-refractivity contribution in [2.24, 2.45) is 0 Å². The molecule has 0 amide bonds. The van der Waals surface area contributed by atoms with Crippen molar-refractivity contribution >= 4 is 33.2 Å². The molecule has 0 spiro atoms. The van der Waals surface area contributed by atoms with E-state index >= 15 is 0 Å². The molecule has 0 radical (unpaired) electrons. The Kier molecular flexibility index (Phi) is 4.75. The van der Waals surface area contributed by atoms with E-state index in [1.54, 1.807) is 30.3 Å². The van der Waals surface area contributed by atoms with Crippen molar-refractivity contribution in [3.05, 3.63) is 73.2 Å². The van der Waals surface area contributed by atoms with Crippen LogP contribution in [-0.4, -0.2) is 10.0 Å². The van der Waals surface area contributed by atoms with Crippen LogP contribution in [0.5, 0.6) is 0 Å². The number of nitro groups is 1. The lowest BCUT2D eigenvalue weighted by atomic mass is 10.0. The molecule has 2 rings (SSSR count). The van der Waals surface area contributed by atoms with E-state index in [2.05, 4.69) is 15.9 Å². The van der Waals surface area contributed by atoms with Crippen molar-refractivity contribution in [3.8, 4) is 0 Å². The molecule has 0 heterocycles. The molecule has 0 bridgehead atoms. The SMILES string of the molecule is O=[N+]([O-])c1ccc(CC(O)c2cc(Cl)cc(Br)c2)cc1. The number of hydrogen-bond donors (Lipinski definition) is 1. The Morgan fingerprint density at radius 1 is 1.25 bits per heavy atom. The van der Waals surface area contributed by atoms with Crippen LogP contribution in [0, 0.1) is 10.1 Å². The van der Waals surface area contributed by atoms with Crippen LogP contribution in [0.3, 0.4) is 0 Å². The van der Waals surface area contributed by atoms with E-state index < -0.39 is 11.0 Å². The summed E-state index contributed by atoms with van der Waals surface area (Å²) in [6.07, 6.45) is -0.350. The predicted octanol–water partition coefficient (Wildman–Crippen LogP) is 4.29. The maximum absolute atomic E-state index is 10.6. The average molecular weight is 357 g/mol. The van der Waals surface area contributed by atoms with Gasteiger partial charge in [-0.25, -0.2) is 0 Å². The Balaban J connectivity index is 2.14. The van der Waals surface area contributed by atoms with Crippen LogP contribution in [0.4, 0.5) is 5.69 Å². The molecule has 0 saturated heterocycles. The highest BCUT2D eigenvalue weighted by molar-refractivity contribution is 9.10. The smallest absolute Gasteiger partial charge is 0.269 e. The maximum Gasteiger partial charge on any atom is 0.269 e. The van der Waals surface area contributed by atoms with Crippen LogP contribution < -0.4 is 0 Å².